The van der Waals surface area contributed by atoms with Crippen molar-refractivity contribution in [1.82, 2.24) is 5.32 Å². The molecule has 16 heavy (non-hydrogen) atoms. The van der Waals surface area contributed by atoms with Crippen molar-refractivity contribution in [2.24, 2.45) is 0 Å². The second kappa shape index (κ2) is 7.04. The third-order valence-corrected chi connectivity index (χ3v) is 2.59. The smallest absolute Gasteiger partial charge is 0.220 e. The predicted molar refractivity (Wildman–Crippen MR) is 67.3 cm³/mol. The Hall–Kier alpha value is -1.31. The minimum absolute atomic E-state index is 0.170. The molecule has 1 N–H and O–H groups in total. The Kier molecular flexibility index (Phi) is 5.62. The van der Waals surface area contributed by atoms with E-state index in [2.05, 4.69) is 36.5 Å². The normalized spacial score (nSPS) is 12.1. The third-order valence-electron chi connectivity index (χ3n) is 2.59. The van der Waals surface area contributed by atoms with Crippen LogP contribution < -0.4 is 5.32 Å². The maximum atomic E-state index is 11.4. The second-order valence-corrected chi connectivity index (χ2v) is 4.24. The predicted octanol–water partition coefficient (Wildman–Crippen LogP) is 2.92. The number of aryl methyl sites for hydroxylation is 1. The van der Waals surface area contributed by atoms with Gasteiger partial charge in [0.15, 0.2) is 0 Å². The molecule has 2 heteroatoms. The average Bonchev–Trinajstić information content (AvgIpc) is 2.28. The van der Waals surface area contributed by atoms with E-state index in [4.69, 9.17) is 0 Å². The number of hydrogen-bond donors (Lipinski definition) is 1. The van der Waals surface area contributed by atoms with Gasteiger partial charge in [-0.2, -0.15) is 0 Å². The van der Waals surface area contributed by atoms with Gasteiger partial charge in [-0.05, 0) is 31.7 Å². The zero-order valence-electron chi connectivity index (χ0n) is 10.2. The van der Waals surface area contributed by atoms with Gasteiger partial charge in [0.2, 0.25) is 5.91 Å². The molecule has 0 fully saturated rings. The number of rotatable bonds is 6. The summed E-state index contributed by atoms with van der Waals surface area (Å²) in [7, 11) is 0. The lowest BCUT2D eigenvalue weighted by Gasteiger charge is -2.13. The molecule has 1 aromatic carbocycles. The fourth-order valence-corrected chi connectivity index (χ4v) is 1.67. The number of amides is 1. The quantitative estimate of drug-likeness (QED) is 0.783. The number of carbonyl (C=O) groups is 1. The molecular weight excluding hydrogens is 198 g/mol. The van der Waals surface area contributed by atoms with Crippen LogP contribution in [-0.4, -0.2) is 11.9 Å². The van der Waals surface area contributed by atoms with Crippen molar-refractivity contribution in [3.63, 3.8) is 0 Å². The van der Waals surface area contributed by atoms with E-state index in [0.29, 0.717) is 6.42 Å². The maximum absolute atomic E-state index is 11.4. The average molecular weight is 219 g/mol. The van der Waals surface area contributed by atoms with Crippen molar-refractivity contribution in [2.45, 2.75) is 45.6 Å². The summed E-state index contributed by atoms with van der Waals surface area (Å²) in [6, 6.07) is 10.6. The SMILES string of the molecule is CCCC(=O)N[C@@H](C)CCc1ccccc1. The lowest BCUT2D eigenvalue weighted by atomic mass is 10.1. The lowest BCUT2D eigenvalue weighted by molar-refractivity contribution is -0.121. The van der Waals surface area contributed by atoms with Crippen LogP contribution in [0, 0.1) is 0 Å². The van der Waals surface area contributed by atoms with E-state index in [1.54, 1.807) is 0 Å². The van der Waals surface area contributed by atoms with Crippen LogP contribution in [-0.2, 0) is 11.2 Å². The molecule has 1 rings (SSSR count). The summed E-state index contributed by atoms with van der Waals surface area (Å²) in [5.74, 6) is 0.170. The minimum atomic E-state index is 0.170. The Balaban J connectivity index is 2.25. The topological polar surface area (TPSA) is 29.1 Å². The summed E-state index contributed by atoms with van der Waals surface area (Å²) >= 11 is 0. The molecule has 0 aliphatic rings. The third kappa shape index (κ3) is 4.96. The van der Waals surface area contributed by atoms with Crippen LogP contribution in [0.15, 0.2) is 30.3 Å². The summed E-state index contributed by atoms with van der Waals surface area (Å²) in [6.45, 7) is 4.09. The molecule has 1 atom stereocenters. The summed E-state index contributed by atoms with van der Waals surface area (Å²) < 4.78 is 0. The van der Waals surface area contributed by atoms with Crippen LogP contribution in [0.1, 0.15) is 38.7 Å². The zero-order chi connectivity index (χ0) is 11.8. The van der Waals surface area contributed by atoms with Gasteiger partial charge in [-0.25, -0.2) is 0 Å². The zero-order valence-corrected chi connectivity index (χ0v) is 10.2. The van der Waals surface area contributed by atoms with Crippen LogP contribution in [0.2, 0.25) is 0 Å². The maximum Gasteiger partial charge on any atom is 0.220 e. The highest BCUT2D eigenvalue weighted by atomic mass is 16.1. The molecule has 0 unspecified atom stereocenters. The van der Waals surface area contributed by atoms with Crippen molar-refractivity contribution in [3.8, 4) is 0 Å². The first-order valence-electron chi connectivity index (χ1n) is 6.05. The number of hydrogen-bond acceptors (Lipinski definition) is 1. The Morgan fingerprint density at radius 2 is 2.00 bits per heavy atom. The first-order valence-corrected chi connectivity index (χ1v) is 6.05. The Morgan fingerprint density at radius 3 is 2.62 bits per heavy atom. The minimum Gasteiger partial charge on any atom is -0.354 e. The number of nitrogens with one attached hydrogen (secondary N) is 1. The highest BCUT2D eigenvalue weighted by Crippen LogP contribution is 2.04. The van der Waals surface area contributed by atoms with E-state index in [0.717, 1.165) is 19.3 Å². The molecule has 0 aliphatic carbocycles. The van der Waals surface area contributed by atoms with Crippen molar-refractivity contribution in [2.75, 3.05) is 0 Å². The van der Waals surface area contributed by atoms with Gasteiger partial charge in [-0.3, -0.25) is 4.79 Å². The van der Waals surface area contributed by atoms with E-state index in [-0.39, 0.29) is 11.9 Å². The van der Waals surface area contributed by atoms with Crippen molar-refractivity contribution >= 4 is 5.91 Å². The highest BCUT2D eigenvalue weighted by molar-refractivity contribution is 5.76. The van der Waals surface area contributed by atoms with Gasteiger partial charge in [0, 0.05) is 12.5 Å². The van der Waals surface area contributed by atoms with E-state index >= 15 is 0 Å². The van der Waals surface area contributed by atoms with Gasteiger partial charge in [-0.1, -0.05) is 37.3 Å². The molecular formula is C14H21NO. The summed E-state index contributed by atoms with van der Waals surface area (Å²) in [4.78, 5) is 11.4. The lowest BCUT2D eigenvalue weighted by Crippen LogP contribution is -2.32. The molecule has 0 saturated heterocycles. The molecule has 1 aromatic rings. The molecule has 0 aliphatic heterocycles. The first kappa shape index (κ1) is 12.8. The van der Waals surface area contributed by atoms with Crippen molar-refractivity contribution in [1.29, 1.82) is 0 Å². The van der Waals surface area contributed by atoms with E-state index in [1.165, 1.54) is 5.56 Å². The van der Waals surface area contributed by atoms with Crippen LogP contribution in [0.3, 0.4) is 0 Å². The van der Waals surface area contributed by atoms with E-state index in [9.17, 15) is 4.79 Å². The molecule has 2 nitrogen and oxygen atoms in total. The monoisotopic (exact) mass is 219 g/mol. The Morgan fingerprint density at radius 1 is 1.31 bits per heavy atom. The van der Waals surface area contributed by atoms with Gasteiger partial charge >= 0.3 is 0 Å². The molecule has 0 spiro atoms. The summed E-state index contributed by atoms with van der Waals surface area (Å²) in [6.07, 6.45) is 3.57. The van der Waals surface area contributed by atoms with Crippen LogP contribution in [0.5, 0.6) is 0 Å². The molecule has 0 aromatic heterocycles. The fraction of sp³-hybridized carbons (Fsp3) is 0.500. The molecule has 0 bridgehead atoms. The van der Waals surface area contributed by atoms with Crippen LogP contribution >= 0.6 is 0 Å². The van der Waals surface area contributed by atoms with Crippen molar-refractivity contribution in [3.05, 3.63) is 35.9 Å². The van der Waals surface area contributed by atoms with Crippen LogP contribution in [0.4, 0.5) is 0 Å². The fourth-order valence-electron chi connectivity index (χ4n) is 1.67. The van der Waals surface area contributed by atoms with Gasteiger partial charge in [0.05, 0.1) is 0 Å². The van der Waals surface area contributed by atoms with Crippen LogP contribution in [0.25, 0.3) is 0 Å². The highest BCUT2D eigenvalue weighted by Gasteiger charge is 2.06. The number of benzene rings is 1. The molecule has 0 heterocycles. The van der Waals surface area contributed by atoms with Gasteiger partial charge < -0.3 is 5.32 Å². The van der Waals surface area contributed by atoms with E-state index in [1.807, 2.05) is 13.0 Å². The summed E-state index contributed by atoms with van der Waals surface area (Å²) in [5, 5.41) is 3.01. The molecule has 88 valence electrons. The van der Waals surface area contributed by atoms with Gasteiger partial charge in [-0.15, -0.1) is 0 Å². The number of carbonyl (C=O) groups excluding carboxylic acids is 1. The molecule has 1 amide bonds. The summed E-state index contributed by atoms with van der Waals surface area (Å²) in [5.41, 5.74) is 1.33. The van der Waals surface area contributed by atoms with Crippen molar-refractivity contribution < 1.29 is 4.79 Å². The van der Waals surface area contributed by atoms with E-state index < -0.39 is 0 Å². The molecule has 0 radical (unpaired) electrons. The van der Waals surface area contributed by atoms with Gasteiger partial charge in [0.1, 0.15) is 0 Å². The largest absolute Gasteiger partial charge is 0.354 e. The first-order chi connectivity index (χ1) is 7.72. The Labute approximate surface area is 98.1 Å². The van der Waals surface area contributed by atoms with Gasteiger partial charge in [0.25, 0.3) is 0 Å². The second-order valence-electron chi connectivity index (χ2n) is 4.24. The molecule has 0 saturated carbocycles. The Bertz CT molecular complexity index is 308. The standard InChI is InChI=1S/C14H21NO/c1-3-7-14(16)15-12(2)10-11-13-8-5-4-6-9-13/h4-6,8-9,12H,3,7,10-11H2,1-2H3,(H,15,16)/t12-/m0/s1.